The summed E-state index contributed by atoms with van der Waals surface area (Å²) in [4.78, 5) is 12.2. The predicted octanol–water partition coefficient (Wildman–Crippen LogP) is 3.47. The maximum absolute atomic E-state index is 12.2. The molecule has 0 unspecified atom stereocenters. The number of hydrogen-bond donors (Lipinski definition) is 1. The average Bonchev–Trinajstić information content (AvgIpc) is 3.15. The Hall–Kier alpha value is -2.41. The number of hydrogen-bond acceptors (Lipinski definition) is 3. The molecule has 7 heteroatoms. The van der Waals surface area contributed by atoms with Crippen LogP contribution in [0.25, 0.3) is 0 Å². The van der Waals surface area contributed by atoms with E-state index in [1.54, 1.807) is 23.0 Å². The third-order valence-corrected chi connectivity index (χ3v) is 4.36. The Labute approximate surface area is 148 Å². The quantitative estimate of drug-likeness (QED) is 0.728. The molecule has 1 aromatic carbocycles. The van der Waals surface area contributed by atoms with E-state index in [1.807, 2.05) is 36.1 Å². The van der Waals surface area contributed by atoms with Crippen molar-refractivity contribution in [1.29, 1.82) is 0 Å². The minimum Gasteiger partial charge on any atom is -0.319 e. The van der Waals surface area contributed by atoms with E-state index in [-0.39, 0.29) is 5.91 Å². The molecule has 124 valence electrons. The Morgan fingerprint density at radius 2 is 1.96 bits per heavy atom. The van der Waals surface area contributed by atoms with Gasteiger partial charge in [0.15, 0.2) is 0 Å². The van der Waals surface area contributed by atoms with Gasteiger partial charge in [0, 0.05) is 34.0 Å². The van der Waals surface area contributed by atoms with Crippen molar-refractivity contribution in [1.82, 2.24) is 19.6 Å². The van der Waals surface area contributed by atoms with Crippen molar-refractivity contribution in [2.75, 3.05) is 5.32 Å². The summed E-state index contributed by atoms with van der Waals surface area (Å²) >= 11 is 3.36. The minimum absolute atomic E-state index is 0.156. The van der Waals surface area contributed by atoms with Gasteiger partial charge in [-0.1, -0.05) is 15.9 Å². The number of aromatic nitrogens is 4. The number of carbonyl (C=O) groups is 1. The molecule has 3 rings (SSSR count). The highest BCUT2D eigenvalue weighted by atomic mass is 79.9. The molecule has 6 nitrogen and oxygen atoms in total. The maximum Gasteiger partial charge on any atom is 0.255 e. The molecule has 3 aromatic rings. The average molecular weight is 388 g/mol. The molecule has 24 heavy (non-hydrogen) atoms. The van der Waals surface area contributed by atoms with Gasteiger partial charge < -0.3 is 5.32 Å². The van der Waals surface area contributed by atoms with Gasteiger partial charge in [0.05, 0.1) is 24.6 Å². The van der Waals surface area contributed by atoms with Crippen LogP contribution < -0.4 is 5.32 Å². The maximum atomic E-state index is 12.2. The van der Waals surface area contributed by atoms with E-state index in [0.29, 0.717) is 17.8 Å². The summed E-state index contributed by atoms with van der Waals surface area (Å²) in [6.45, 7) is 5.58. The topological polar surface area (TPSA) is 64.7 Å². The van der Waals surface area contributed by atoms with Gasteiger partial charge in [-0.25, -0.2) is 0 Å². The zero-order valence-electron chi connectivity index (χ0n) is 13.5. The smallest absolute Gasteiger partial charge is 0.255 e. The predicted molar refractivity (Wildman–Crippen MR) is 96.1 cm³/mol. The molecule has 2 heterocycles. The van der Waals surface area contributed by atoms with Crippen LogP contribution in [0.5, 0.6) is 0 Å². The summed E-state index contributed by atoms with van der Waals surface area (Å²) < 4.78 is 4.69. The van der Waals surface area contributed by atoms with Gasteiger partial charge in [0.2, 0.25) is 0 Å². The Morgan fingerprint density at radius 1 is 1.21 bits per heavy atom. The van der Waals surface area contributed by atoms with Crippen LogP contribution in [0.4, 0.5) is 5.69 Å². The van der Waals surface area contributed by atoms with Crippen molar-refractivity contribution < 1.29 is 4.79 Å². The van der Waals surface area contributed by atoms with Crippen molar-refractivity contribution in [3.8, 4) is 0 Å². The lowest BCUT2D eigenvalue weighted by atomic mass is 10.2. The number of anilines is 1. The van der Waals surface area contributed by atoms with Crippen molar-refractivity contribution in [2.45, 2.75) is 26.9 Å². The van der Waals surface area contributed by atoms with Crippen LogP contribution >= 0.6 is 15.9 Å². The molecule has 0 fully saturated rings. The van der Waals surface area contributed by atoms with Crippen molar-refractivity contribution in [3.63, 3.8) is 0 Å². The molecule has 0 aliphatic rings. The van der Waals surface area contributed by atoms with E-state index in [9.17, 15) is 4.79 Å². The fourth-order valence-electron chi connectivity index (χ4n) is 2.45. The van der Waals surface area contributed by atoms with Crippen molar-refractivity contribution in [3.05, 3.63) is 64.1 Å². The van der Waals surface area contributed by atoms with Crippen LogP contribution in [0.2, 0.25) is 0 Å². The summed E-state index contributed by atoms with van der Waals surface area (Å²) in [5.41, 5.74) is 3.52. The lowest BCUT2D eigenvalue weighted by Gasteiger charge is -2.03. The Balaban J connectivity index is 1.68. The first-order chi connectivity index (χ1) is 11.6. The van der Waals surface area contributed by atoms with Gasteiger partial charge in [-0.05, 0) is 38.1 Å². The van der Waals surface area contributed by atoms with E-state index in [2.05, 4.69) is 38.4 Å². The lowest BCUT2D eigenvalue weighted by Crippen LogP contribution is -2.11. The fraction of sp³-hybridized carbons (Fsp3) is 0.235. The van der Waals surface area contributed by atoms with Gasteiger partial charge in [0.1, 0.15) is 0 Å². The molecular weight excluding hydrogens is 370 g/mol. The van der Waals surface area contributed by atoms with E-state index < -0.39 is 0 Å². The molecule has 1 amide bonds. The molecule has 0 spiro atoms. The highest BCUT2D eigenvalue weighted by molar-refractivity contribution is 9.10. The molecular formula is C17H18BrN5O. The Morgan fingerprint density at radius 3 is 2.62 bits per heavy atom. The number of nitrogens with one attached hydrogen (secondary N) is 1. The first kappa shape index (κ1) is 16.4. The van der Waals surface area contributed by atoms with E-state index >= 15 is 0 Å². The summed E-state index contributed by atoms with van der Waals surface area (Å²) in [5.74, 6) is -0.156. The van der Waals surface area contributed by atoms with Crippen LogP contribution in [0.15, 0.2) is 47.3 Å². The number of amides is 1. The molecule has 0 aliphatic heterocycles. The molecule has 0 atom stereocenters. The number of nitrogens with zero attached hydrogens (tertiary/aromatic N) is 4. The third kappa shape index (κ3) is 3.56. The second kappa shape index (κ2) is 7.00. The van der Waals surface area contributed by atoms with E-state index in [4.69, 9.17) is 0 Å². The summed E-state index contributed by atoms with van der Waals surface area (Å²) in [5, 5.41) is 11.5. The van der Waals surface area contributed by atoms with Crippen LogP contribution in [-0.4, -0.2) is 25.5 Å². The van der Waals surface area contributed by atoms with Gasteiger partial charge in [-0.2, -0.15) is 10.2 Å². The van der Waals surface area contributed by atoms with Crippen molar-refractivity contribution in [2.24, 2.45) is 0 Å². The first-order valence-corrected chi connectivity index (χ1v) is 8.46. The zero-order chi connectivity index (χ0) is 17.1. The number of rotatable bonds is 5. The largest absolute Gasteiger partial charge is 0.319 e. The second-order valence-electron chi connectivity index (χ2n) is 5.46. The molecule has 0 aliphatic carbocycles. The minimum atomic E-state index is -0.156. The summed E-state index contributed by atoms with van der Waals surface area (Å²) in [6.07, 6.45) is 5.33. The second-order valence-corrected chi connectivity index (χ2v) is 6.37. The molecule has 1 N–H and O–H groups in total. The monoisotopic (exact) mass is 387 g/mol. The number of aryl methyl sites for hydroxylation is 1. The molecule has 0 saturated heterocycles. The summed E-state index contributed by atoms with van der Waals surface area (Å²) in [6, 6.07) is 7.22. The SMILES string of the molecule is CCn1ncc(Cn2cc(NC(=O)c3ccc(Br)cc3)cn2)c1C. The molecule has 0 bridgehead atoms. The van der Waals surface area contributed by atoms with Gasteiger partial charge >= 0.3 is 0 Å². The highest BCUT2D eigenvalue weighted by Gasteiger charge is 2.09. The van der Waals surface area contributed by atoms with E-state index in [1.165, 1.54) is 0 Å². The molecule has 0 radical (unpaired) electrons. The van der Waals surface area contributed by atoms with E-state index in [0.717, 1.165) is 22.3 Å². The third-order valence-electron chi connectivity index (χ3n) is 3.83. The number of benzene rings is 1. The van der Waals surface area contributed by atoms with Gasteiger partial charge in [-0.15, -0.1) is 0 Å². The van der Waals surface area contributed by atoms with Crippen LogP contribution in [0, 0.1) is 6.92 Å². The van der Waals surface area contributed by atoms with Crippen LogP contribution in [0.1, 0.15) is 28.5 Å². The van der Waals surface area contributed by atoms with Crippen LogP contribution in [-0.2, 0) is 13.1 Å². The lowest BCUT2D eigenvalue weighted by molar-refractivity contribution is 0.102. The summed E-state index contributed by atoms with van der Waals surface area (Å²) in [7, 11) is 0. The van der Waals surface area contributed by atoms with Crippen LogP contribution in [0.3, 0.4) is 0 Å². The first-order valence-electron chi connectivity index (χ1n) is 7.67. The normalized spacial score (nSPS) is 10.8. The molecule has 0 saturated carbocycles. The number of carbonyl (C=O) groups excluding carboxylic acids is 1. The van der Waals surface area contributed by atoms with Gasteiger partial charge in [0.25, 0.3) is 5.91 Å². The standard InChI is InChI=1S/C17H18BrN5O/c1-3-23-12(2)14(8-20-23)10-22-11-16(9-19-22)21-17(24)13-4-6-15(18)7-5-13/h4-9,11H,3,10H2,1-2H3,(H,21,24). The van der Waals surface area contributed by atoms with Gasteiger partial charge in [-0.3, -0.25) is 14.2 Å². The molecule has 2 aromatic heterocycles. The highest BCUT2D eigenvalue weighted by Crippen LogP contribution is 2.14. The fourth-order valence-corrected chi connectivity index (χ4v) is 2.72. The van der Waals surface area contributed by atoms with Crippen molar-refractivity contribution >= 4 is 27.5 Å². The number of halogens is 1. The Kier molecular flexibility index (Phi) is 4.80. The zero-order valence-corrected chi connectivity index (χ0v) is 15.1. The Bertz CT molecular complexity index is 850.